The number of halogens is 1. The quantitative estimate of drug-likeness (QED) is 0.786. The van der Waals surface area contributed by atoms with Crippen molar-refractivity contribution in [3.8, 4) is 0 Å². The Bertz CT molecular complexity index is 529. The summed E-state index contributed by atoms with van der Waals surface area (Å²) in [6.45, 7) is 1.10. The molecule has 1 aliphatic carbocycles. The molecule has 0 heterocycles. The van der Waals surface area contributed by atoms with Crippen LogP contribution in [0.1, 0.15) is 24.0 Å². The Kier molecular flexibility index (Phi) is 3.89. The smallest absolute Gasteiger partial charge is 0.102 e. The van der Waals surface area contributed by atoms with Crippen molar-refractivity contribution >= 4 is 22.6 Å². The van der Waals surface area contributed by atoms with Gasteiger partial charge in [0.15, 0.2) is 0 Å². The van der Waals surface area contributed by atoms with Crippen molar-refractivity contribution in [2.24, 2.45) is 0 Å². The molecule has 2 heteroatoms. The van der Waals surface area contributed by atoms with Gasteiger partial charge in [-0.15, -0.1) is 0 Å². The molecule has 0 bridgehead atoms. The van der Waals surface area contributed by atoms with Crippen molar-refractivity contribution < 1.29 is 5.32 Å². The molecule has 3 rings (SSSR count). The molecule has 98 valence electrons. The lowest BCUT2D eigenvalue weighted by Gasteiger charge is -2.14. The molecule has 0 aliphatic heterocycles. The highest BCUT2D eigenvalue weighted by atomic mass is 127. The summed E-state index contributed by atoms with van der Waals surface area (Å²) in [7, 11) is 0. The molecule has 0 atom stereocenters. The van der Waals surface area contributed by atoms with Crippen molar-refractivity contribution in [1.82, 2.24) is 0 Å². The maximum absolute atomic E-state index is 2.54. The number of hydrogen-bond acceptors (Lipinski definition) is 0. The van der Waals surface area contributed by atoms with Crippen LogP contribution in [0.5, 0.6) is 0 Å². The molecule has 1 fully saturated rings. The molecule has 1 saturated carbocycles. The third-order valence-corrected chi connectivity index (χ3v) is 4.69. The van der Waals surface area contributed by atoms with E-state index in [9.17, 15) is 0 Å². The van der Waals surface area contributed by atoms with Gasteiger partial charge in [-0.2, -0.15) is 0 Å². The van der Waals surface area contributed by atoms with E-state index in [0.717, 1.165) is 6.54 Å². The highest BCUT2D eigenvalue weighted by molar-refractivity contribution is 14.1. The van der Waals surface area contributed by atoms with Gasteiger partial charge in [-0.25, -0.2) is 0 Å². The highest BCUT2D eigenvalue weighted by Crippen LogP contribution is 2.34. The lowest BCUT2D eigenvalue weighted by Crippen LogP contribution is -2.91. The number of benzene rings is 2. The fourth-order valence-electron chi connectivity index (χ4n) is 2.57. The average Bonchev–Trinajstić information content (AvgIpc) is 3.21. The van der Waals surface area contributed by atoms with Crippen LogP contribution < -0.4 is 5.32 Å². The Morgan fingerprint density at radius 2 is 1.58 bits per heavy atom. The monoisotopic (exact) mass is 364 g/mol. The van der Waals surface area contributed by atoms with E-state index in [1.165, 1.54) is 34.0 Å². The Hall–Kier alpha value is -0.870. The van der Waals surface area contributed by atoms with Gasteiger partial charge in [0, 0.05) is 28.4 Å². The number of hydrogen-bond donors (Lipinski definition) is 1. The molecule has 0 spiro atoms. The van der Waals surface area contributed by atoms with Crippen LogP contribution >= 0.6 is 22.6 Å². The van der Waals surface area contributed by atoms with E-state index >= 15 is 0 Å². The third kappa shape index (κ3) is 3.57. The van der Waals surface area contributed by atoms with Gasteiger partial charge in [-0.3, -0.25) is 0 Å². The van der Waals surface area contributed by atoms with Crippen LogP contribution in [0.2, 0.25) is 0 Å². The van der Waals surface area contributed by atoms with Crippen LogP contribution in [0.25, 0.3) is 0 Å². The molecule has 0 aromatic heterocycles. The first-order chi connectivity index (χ1) is 9.26. The number of quaternary nitrogens is 1. The van der Waals surface area contributed by atoms with Crippen LogP contribution in [0.15, 0.2) is 54.6 Å². The van der Waals surface area contributed by atoms with Gasteiger partial charge in [0.05, 0.1) is 0 Å². The second-order valence-corrected chi connectivity index (χ2v) is 6.81. The molecular weight excluding hydrogens is 345 g/mol. The molecule has 0 saturated heterocycles. The number of nitrogens with two attached hydrogens (primary N) is 1. The number of rotatable bonds is 5. The predicted octanol–water partition coefficient (Wildman–Crippen LogP) is 3.13. The van der Waals surface area contributed by atoms with E-state index in [4.69, 9.17) is 0 Å². The standard InChI is InChI=1S/C17H18IN/c18-16-8-6-14(7-9-16)12-17(10-11-17)19-13-15-4-2-1-3-5-15/h1-9,19H,10-13H2/p+1. The van der Waals surface area contributed by atoms with Crippen LogP contribution in [0, 0.1) is 3.57 Å². The predicted molar refractivity (Wildman–Crippen MR) is 86.9 cm³/mol. The van der Waals surface area contributed by atoms with E-state index in [1.807, 2.05) is 0 Å². The molecule has 2 aromatic rings. The minimum atomic E-state index is 0.475. The Morgan fingerprint density at radius 1 is 0.895 bits per heavy atom. The molecule has 0 unspecified atom stereocenters. The second kappa shape index (κ2) is 5.63. The first-order valence-corrected chi connectivity index (χ1v) is 7.96. The van der Waals surface area contributed by atoms with Crippen LogP contribution in [-0.2, 0) is 13.0 Å². The van der Waals surface area contributed by atoms with E-state index in [1.54, 1.807) is 0 Å². The summed E-state index contributed by atoms with van der Waals surface area (Å²) in [5.74, 6) is 0. The van der Waals surface area contributed by atoms with Crippen molar-refractivity contribution in [2.45, 2.75) is 31.3 Å². The Labute approximate surface area is 128 Å². The fraction of sp³-hybridized carbons (Fsp3) is 0.294. The summed E-state index contributed by atoms with van der Waals surface area (Å²) in [6.07, 6.45) is 3.91. The van der Waals surface area contributed by atoms with Crippen LogP contribution in [0.3, 0.4) is 0 Å². The topological polar surface area (TPSA) is 16.6 Å². The van der Waals surface area contributed by atoms with E-state index in [2.05, 4.69) is 82.5 Å². The van der Waals surface area contributed by atoms with Crippen molar-refractivity contribution in [1.29, 1.82) is 0 Å². The van der Waals surface area contributed by atoms with Crippen molar-refractivity contribution in [3.05, 3.63) is 69.3 Å². The molecule has 19 heavy (non-hydrogen) atoms. The van der Waals surface area contributed by atoms with Crippen molar-refractivity contribution in [3.63, 3.8) is 0 Å². The maximum atomic E-state index is 2.54. The molecule has 0 radical (unpaired) electrons. The molecule has 1 aliphatic rings. The minimum absolute atomic E-state index is 0.475. The lowest BCUT2D eigenvalue weighted by atomic mass is 10.0. The first kappa shape index (κ1) is 13.1. The van der Waals surface area contributed by atoms with Crippen LogP contribution in [0.4, 0.5) is 0 Å². The normalized spacial score (nSPS) is 16.3. The molecule has 2 N–H and O–H groups in total. The maximum Gasteiger partial charge on any atom is 0.102 e. The zero-order valence-corrected chi connectivity index (χ0v) is 13.1. The van der Waals surface area contributed by atoms with E-state index in [0.29, 0.717) is 5.54 Å². The lowest BCUT2D eigenvalue weighted by molar-refractivity contribution is -0.718. The van der Waals surface area contributed by atoms with E-state index < -0.39 is 0 Å². The average molecular weight is 364 g/mol. The van der Waals surface area contributed by atoms with Gasteiger partial charge < -0.3 is 5.32 Å². The summed E-state index contributed by atoms with van der Waals surface area (Å²) >= 11 is 2.37. The van der Waals surface area contributed by atoms with Gasteiger partial charge in [-0.1, -0.05) is 42.5 Å². The molecule has 0 amide bonds. The van der Waals surface area contributed by atoms with E-state index in [-0.39, 0.29) is 0 Å². The second-order valence-electron chi connectivity index (χ2n) is 5.56. The minimum Gasteiger partial charge on any atom is -0.337 e. The molecule has 1 nitrogen and oxygen atoms in total. The summed E-state index contributed by atoms with van der Waals surface area (Å²) < 4.78 is 1.32. The highest BCUT2D eigenvalue weighted by Gasteiger charge is 2.46. The largest absolute Gasteiger partial charge is 0.337 e. The van der Waals surface area contributed by atoms with Gasteiger partial charge >= 0.3 is 0 Å². The van der Waals surface area contributed by atoms with Gasteiger partial charge in [0.2, 0.25) is 0 Å². The van der Waals surface area contributed by atoms with Gasteiger partial charge in [0.25, 0.3) is 0 Å². The molecule has 2 aromatic carbocycles. The zero-order valence-electron chi connectivity index (χ0n) is 11.0. The van der Waals surface area contributed by atoms with Gasteiger partial charge in [0.1, 0.15) is 12.1 Å². The summed E-state index contributed by atoms with van der Waals surface area (Å²) in [5.41, 5.74) is 3.38. The zero-order chi connectivity index (χ0) is 13.1. The fourth-order valence-corrected chi connectivity index (χ4v) is 2.93. The Morgan fingerprint density at radius 3 is 2.21 bits per heavy atom. The van der Waals surface area contributed by atoms with Crippen LogP contribution in [-0.4, -0.2) is 5.54 Å². The summed E-state index contributed by atoms with van der Waals surface area (Å²) in [6, 6.07) is 19.8. The SMILES string of the molecule is Ic1ccc(CC2([NH2+]Cc3ccccc3)CC2)cc1. The summed E-state index contributed by atoms with van der Waals surface area (Å²) in [4.78, 5) is 0. The van der Waals surface area contributed by atoms with Crippen molar-refractivity contribution in [2.75, 3.05) is 0 Å². The first-order valence-electron chi connectivity index (χ1n) is 6.89. The van der Waals surface area contributed by atoms with Gasteiger partial charge in [-0.05, 0) is 40.3 Å². The summed E-state index contributed by atoms with van der Waals surface area (Å²) in [5, 5.41) is 2.54. The molecular formula is C17H19IN+. The Balaban J connectivity index is 1.59. The third-order valence-electron chi connectivity index (χ3n) is 3.98.